The average molecular weight is 444 g/mol. The first-order chi connectivity index (χ1) is 13.9. The van der Waals surface area contributed by atoms with Crippen LogP contribution in [0.5, 0.6) is 0 Å². The van der Waals surface area contributed by atoms with E-state index in [9.17, 15) is 20.4 Å². The predicted molar refractivity (Wildman–Crippen MR) is 110 cm³/mol. The number of ether oxygens (including phenoxy) is 1. The number of aliphatic hydroxyl groups excluding tert-OH is 4. The van der Waals surface area contributed by atoms with E-state index in [0.29, 0.717) is 17.0 Å². The van der Waals surface area contributed by atoms with Gasteiger partial charge < -0.3 is 30.5 Å². The molecule has 1 aliphatic heterocycles. The summed E-state index contributed by atoms with van der Waals surface area (Å²) in [5.74, 6) is 0. The number of nitrogens with one attached hydrogen (secondary N) is 1. The molecule has 0 unspecified atom stereocenters. The lowest BCUT2D eigenvalue weighted by atomic mass is 9.90. The number of unbranched alkanes of at least 4 members (excludes halogenated alkanes) is 1. The summed E-state index contributed by atoms with van der Waals surface area (Å²) in [7, 11) is 0. The Morgan fingerprint density at radius 3 is 2.69 bits per heavy atom. The zero-order valence-electron chi connectivity index (χ0n) is 16.0. The molecule has 10 heteroatoms. The molecule has 160 valence electrons. The molecule has 0 spiro atoms. The van der Waals surface area contributed by atoms with Gasteiger partial charge in [0.1, 0.15) is 35.5 Å². The Hall–Kier alpha value is -1.33. The minimum Gasteiger partial charge on any atom is -0.394 e. The van der Waals surface area contributed by atoms with Crippen molar-refractivity contribution in [3.63, 3.8) is 0 Å². The van der Waals surface area contributed by atoms with E-state index in [1.807, 2.05) is 0 Å². The highest BCUT2D eigenvalue weighted by Gasteiger charge is 2.44. The molecular formula is C19H26ClN3O5S. The van der Waals surface area contributed by atoms with Crippen molar-refractivity contribution in [1.82, 2.24) is 10.2 Å². The summed E-state index contributed by atoms with van der Waals surface area (Å²) < 4.78 is 5.63. The van der Waals surface area contributed by atoms with Crippen molar-refractivity contribution < 1.29 is 25.2 Å². The molecule has 2 aromatic rings. The van der Waals surface area contributed by atoms with Gasteiger partial charge in [0.05, 0.1) is 6.61 Å². The molecule has 0 aliphatic carbocycles. The number of anilines is 1. The Bertz CT molecular complexity index is 806. The number of hydrogen-bond donors (Lipinski definition) is 5. The van der Waals surface area contributed by atoms with E-state index in [1.165, 1.54) is 11.3 Å². The number of aromatic nitrogens is 2. The molecule has 1 saturated heterocycles. The van der Waals surface area contributed by atoms with Crippen LogP contribution in [0.4, 0.5) is 5.13 Å². The summed E-state index contributed by atoms with van der Waals surface area (Å²) in [4.78, 5) is 0. The topological polar surface area (TPSA) is 128 Å². The van der Waals surface area contributed by atoms with E-state index in [2.05, 4.69) is 22.4 Å². The van der Waals surface area contributed by atoms with Crippen LogP contribution >= 0.6 is 22.9 Å². The van der Waals surface area contributed by atoms with Gasteiger partial charge in [-0.15, -0.1) is 10.2 Å². The molecular weight excluding hydrogens is 418 g/mol. The first-order valence-electron chi connectivity index (χ1n) is 9.59. The maximum absolute atomic E-state index is 10.4. The van der Waals surface area contributed by atoms with E-state index in [4.69, 9.17) is 16.3 Å². The second kappa shape index (κ2) is 10.1. The van der Waals surface area contributed by atoms with Crippen LogP contribution in [0.3, 0.4) is 0 Å². The van der Waals surface area contributed by atoms with Crippen LogP contribution in [0, 0.1) is 0 Å². The van der Waals surface area contributed by atoms with Crippen molar-refractivity contribution in [1.29, 1.82) is 0 Å². The SMILES string of the molecule is CCCCNc1nnc(Cc2cc([C@@H]3O[C@H](CO)[C@@H](O)[C@H](O)[C@H]3O)ccc2Cl)s1. The Kier molecular flexibility index (Phi) is 7.80. The lowest BCUT2D eigenvalue weighted by molar-refractivity contribution is -0.231. The van der Waals surface area contributed by atoms with E-state index < -0.39 is 37.1 Å². The monoisotopic (exact) mass is 443 g/mol. The van der Waals surface area contributed by atoms with Gasteiger partial charge in [-0.2, -0.15) is 0 Å². The van der Waals surface area contributed by atoms with Crippen molar-refractivity contribution >= 4 is 28.1 Å². The smallest absolute Gasteiger partial charge is 0.205 e. The second-order valence-corrected chi connectivity index (χ2v) is 8.53. The molecule has 1 aromatic carbocycles. The summed E-state index contributed by atoms with van der Waals surface area (Å²) in [6, 6.07) is 5.16. The summed E-state index contributed by atoms with van der Waals surface area (Å²) in [6.07, 6.45) is -3.40. The molecule has 1 aliphatic rings. The third-order valence-corrected chi connectivity index (χ3v) is 6.16. The van der Waals surface area contributed by atoms with Gasteiger partial charge in [-0.25, -0.2) is 0 Å². The molecule has 5 N–H and O–H groups in total. The normalized spacial score (nSPS) is 27.2. The number of hydrogen-bond acceptors (Lipinski definition) is 9. The molecule has 0 bridgehead atoms. The molecule has 29 heavy (non-hydrogen) atoms. The predicted octanol–water partition coefficient (Wildman–Crippen LogP) is 1.51. The fraction of sp³-hybridized carbons (Fsp3) is 0.579. The largest absolute Gasteiger partial charge is 0.394 e. The molecule has 2 heterocycles. The number of aliphatic hydroxyl groups is 4. The van der Waals surface area contributed by atoms with Crippen LogP contribution in [0.1, 0.15) is 42.0 Å². The van der Waals surface area contributed by atoms with Gasteiger partial charge in [-0.3, -0.25) is 0 Å². The fourth-order valence-electron chi connectivity index (χ4n) is 3.22. The highest BCUT2D eigenvalue weighted by molar-refractivity contribution is 7.15. The first-order valence-corrected chi connectivity index (χ1v) is 10.8. The van der Waals surface area contributed by atoms with Crippen molar-refractivity contribution in [3.8, 4) is 0 Å². The molecule has 1 fully saturated rings. The van der Waals surface area contributed by atoms with Crippen LogP contribution in [0.25, 0.3) is 0 Å². The number of nitrogens with zero attached hydrogens (tertiary/aromatic N) is 2. The van der Waals surface area contributed by atoms with E-state index in [0.717, 1.165) is 35.1 Å². The average Bonchev–Trinajstić information content (AvgIpc) is 3.16. The second-order valence-electron chi connectivity index (χ2n) is 7.06. The molecule has 0 amide bonds. The van der Waals surface area contributed by atoms with Gasteiger partial charge in [0, 0.05) is 18.0 Å². The zero-order chi connectivity index (χ0) is 21.0. The zero-order valence-corrected chi connectivity index (χ0v) is 17.6. The van der Waals surface area contributed by atoms with Gasteiger partial charge in [0.15, 0.2) is 0 Å². The molecule has 5 atom stereocenters. The maximum atomic E-state index is 10.4. The van der Waals surface area contributed by atoms with E-state index in [1.54, 1.807) is 18.2 Å². The van der Waals surface area contributed by atoms with Crippen LogP contribution < -0.4 is 5.32 Å². The van der Waals surface area contributed by atoms with Crippen molar-refractivity contribution in [2.24, 2.45) is 0 Å². The van der Waals surface area contributed by atoms with Gasteiger partial charge >= 0.3 is 0 Å². The van der Waals surface area contributed by atoms with Crippen molar-refractivity contribution in [2.45, 2.75) is 56.7 Å². The third-order valence-electron chi connectivity index (χ3n) is 4.91. The number of rotatable bonds is 8. The third kappa shape index (κ3) is 5.24. The highest BCUT2D eigenvalue weighted by atomic mass is 35.5. The molecule has 0 saturated carbocycles. The number of benzene rings is 1. The minimum atomic E-state index is -1.43. The Labute approximate surface area is 178 Å². The summed E-state index contributed by atoms with van der Waals surface area (Å²) in [5, 5.41) is 53.4. The Balaban J connectivity index is 1.76. The lowest BCUT2D eigenvalue weighted by Crippen LogP contribution is -2.55. The lowest BCUT2D eigenvalue weighted by Gasteiger charge is -2.40. The van der Waals surface area contributed by atoms with Gasteiger partial charge in [-0.1, -0.05) is 48.4 Å². The van der Waals surface area contributed by atoms with Crippen LogP contribution in [-0.4, -0.2) is 68.2 Å². The van der Waals surface area contributed by atoms with E-state index in [-0.39, 0.29) is 0 Å². The van der Waals surface area contributed by atoms with Crippen molar-refractivity contribution in [2.75, 3.05) is 18.5 Å². The fourth-order valence-corrected chi connectivity index (χ4v) is 4.19. The Morgan fingerprint density at radius 1 is 1.17 bits per heavy atom. The summed E-state index contributed by atoms with van der Waals surface area (Å²) in [5.41, 5.74) is 1.37. The van der Waals surface area contributed by atoms with Gasteiger partial charge in [-0.05, 0) is 23.6 Å². The van der Waals surface area contributed by atoms with Crippen LogP contribution in [0.15, 0.2) is 18.2 Å². The van der Waals surface area contributed by atoms with Crippen LogP contribution in [0.2, 0.25) is 5.02 Å². The number of halogens is 1. The van der Waals surface area contributed by atoms with Gasteiger partial charge in [0.25, 0.3) is 0 Å². The summed E-state index contributed by atoms with van der Waals surface area (Å²) >= 11 is 7.80. The van der Waals surface area contributed by atoms with Crippen molar-refractivity contribution in [3.05, 3.63) is 39.4 Å². The van der Waals surface area contributed by atoms with Gasteiger partial charge in [0.2, 0.25) is 5.13 Å². The molecule has 1 aromatic heterocycles. The van der Waals surface area contributed by atoms with Crippen LogP contribution in [-0.2, 0) is 11.2 Å². The molecule has 3 rings (SSSR count). The Morgan fingerprint density at radius 2 is 1.97 bits per heavy atom. The standard InChI is InChI=1S/C19H26ClN3O5S/c1-2-3-6-21-19-23-22-14(29-19)8-11-7-10(4-5-12(11)20)18-17(27)16(26)15(25)13(9-24)28-18/h4-5,7,13,15-18,24-27H,2-3,6,8-9H2,1H3,(H,21,23)/t13-,15-,16+,17-,18+/m1/s1. The minimum absolute atomic E-state index is 0.456. The first kappa shape index (κ1) is 22.4. The maximum Gasteiger partial charge on any atom is 0.205 e. The molecule has 8 nitrogen and oxygen atoms in total. The quantitative estimate of drug-likeness (QED) is 0.388. The molecule has 0 radical (unpaired) electrons. The summed E-state index contributed by atoms with van der Waals surface area (Å²) in [6.45, 7) is 2.50. The van der Waals surface area contributed by atoms with E-state index >= 15 is 0 Å². The highest BCUT2D eigenvalue weighted by Crippen LogP contribution is 2.34.